The van der Waals surface area contributed by atoms with Crippen LogP contribution in [0.25, 0.3) is 0 Å². The highest BCUT2D eigenvalue weighted by Crippen LogP contribution is 2.14. The lowest BCUT2D eigenvalue weighted by atomic mass is 10.1. The minimum Gasteiger partial charge on any atom is -0.481 e. The highest BCUT2D eigenvalue weighted by molar-refractivity contribution is 7.86. The zero-order valence-electron chi connectivity index (χ0n) is 8.71. The molecule has 5 nitrogen and oxygen atoms in total. The molecule has 0 bridgehead atoms. The van der Waals surface area contributed by atoms with Gasteiger partial charge in [0.25, 0.3) is 0 Å². The topological polar surface area (TPSA) is 80.7 Å². The SMILES string of the molecule is CS(=O)(=O)Oc1ccc(CCC(=O)O)cc1. The van der Waals surface area contributed by atoms with Gasteiger partial charge in [0.05, 0.1) is 6.26 Å². The van der Waals surface area contributed by atoms with Crippen LogP contribution < -0.4 is 4.18 Å². The highest BCUT2D eigenvalue weighted by Gasteiger charge is 2.04. The van der Waals surface area contributed by atoms with Crippen molar-refractivity contribution in [3.63, 3.8) is 0 Å². The maximum absolute atomic E-state index is 10.8. The first-order valence-corrected chi connectivity index (χ1v) is 6.39. The molecule has 0 atom stereocenters. The summed E-state index contributed by atoms with van der Waals surface area (Å²) in [7, 11) is -3.51. The van der Waals surface area contributed by atoms with Crippen LogP contribution in [-0.2, 0) is 21.3 Å². The van der Waals surface area contributed by atoms with Crippen LogP contribution >= 0.6 is 0 Å². The molecule has 0 radical (unpaired) electrons. The van der Waals surface area contributed by atoms with Gasteiger partial charge in [-0.25, -0.2) is 0 Å². The van der Waals surface area contributed by atoms with Gasteiger partial charge in [-0.2, -0.15) is 8.42 Å². The molecule has 0 unspecified atom stereocenters. The van der Waals surface area contributed by atoms with Crippen LogP contribution in [-0.4, -0.2) is 25.7 Å². The Morgan fingerprint density at radius 1 is 1.31 bits per heavy atom. The van der Waals surface area contributed by atoms with E-state index in [1.54, 1.807) is 12.1 Å². The number of benzene rings is 1. The first kappa shape index (κ1) is 12.5. The summed E-state index contributed by atoms with van der Waals surface area (Å²) in [5.74, 6) is -0.641. The van der Waals surface area contributed by atoms with E-state index in [0.29, 0.717) is 6.42 Å². The van der Waals surface area contributed by atoms with E-state index >= 15 is 0 Å². The first-order valence-electron chi connectivity index (χ1n) is 4.57. The fourth-order valence-corrected chi connectivity index (χ4v) is 1.60. The van der Waals surface area contributed by atoms with Crippen LogP contribution in [0.3, 0.4) is 0 Å². The van der Waals surface area contributed by atoms with E-state index in [0.717, 1.165) is 11.8 Å². The van der Waals surface area contributed by atoms with Gasteiger partial charge in [-0.3, -0.25) is 4.79 Å². The van der Waals surface area contributed by atoms with Gasteiger partial charge in [0.1, 0.15) is 5.75 Å². The minimum absolute atomic E-state index is 0.0479. The summed E-state index contributed by atoms with van der Waals surface area (Å²) in [4.78, 5) is 10.3. The molecule has 0 aliphatic heterocycles. The lowest BCUT2D eigenvalue weighted by Crippen LogP contribution is -2.05. The summed E-state index contributed by atoms with van der Waals surface area (Å²) in [6.07, 6.45) is 1.42. The second kappa shape index (κ2) is 4.98. The molecule has 0 amide bonds. The van der Waals surface area contributed by atoms with Gasteiger partial charge in [0.15, 0.2) is 0 Å². The van der Waals surface area contributed by atoms with Crippen molar-refractivity contribution in [2.24, 2.45) is 0 Å². The quantitative estimate of drug-likeness (QED) is 0.783. The molecule has 1 aromatic rings. The molecule has 0 saturated heterocycles. The highest BCUT2D eigenvalue weighted by atomic mass is 32.2. The number of carboxylic acid groups (broad SMARTS) is 1. The Bertz CT molecular complexity index is 460. The van der Waals surface area contributed by atoms with Gasteiger partial charge < -0.3 is 9.29 Å². The second-order valence-corrected chi connectivity index (χ2v) is 4.90. The smallest absolute Gasteiger partial charge is 0.306 e. The maximum Gasteiger partial charge on any atom is 0.306 e. The minimum atomic E-state index is -3.51. The summed E-state index contributed by atoms with van der Waals surface area (Å²) < 4.78 is 26.2. The van der Waals surface area contributed by atoms with Crippen LogP contribution in [0.2, 0.25) is 0 Å². The number of carboxylic acids is 1. The number of carbonyl (C=O) groups is 1. The van der Waals surface area contributed by atoms with E-state index in [2.05, 4.69) is 4.18 Å². The van der Waals surface area contributed by atoms with E-state index in [-0.39, 0.29) is 12.2 Å². The Morgan fingerprint density at radius 2 is 1.88 bits per heavy atom. The fraction of sp³-hybridized carbons (Fsp3) is 0.300. The summed E-state index contributed by atoms with van der Waals surface area (Å²) in [6.45, 7) is 0. The van der Waals surface area contributed by atoms with Crippen molar-refractivity contribution in [3.05, 3.63) is 29.8 Å². The summed E-state index contributed by atoms with van der Waals surface area (Å²) in [5.41, 5.74) is 0.822. The van der Waals surface area contributed by atoms with Gasteiger partial charge in [-0.05, 0) is 24.1 Å². The fourth-order valence-electron chi connectivity index (χ4n) is 1.14. The predicted octanol–water partition coefficient (Wildman–Crippen LogP) is 1.04. The number of hydrogen-bond acceptors (Lipinski definition) is 4. The molecule has 0 aliphatic carbocycles. The zero-order valence-corrected chi connectivity index (χ0v) is 9.53. The lowest BCUT2D eigenvalue weighted by molar-refractivity contribution is -0.136. The summed E-state index contributed by atoms with van der Waals surface area (Å²) in [6, 6.07) is 6.28. The molecule has 0 heterocycles. The average molecular weight is 244 g/mol. The third-order valence-corrected chi connectivity index (χ3v) is 2.29. The molecular formula is C10H12O5S. The Kier molecular flexibility index (Phi) is 3.89. The number of hydrogen-bond donors (Lipinski definition) is 1. The molecular weight excluding hydrogens is 232 g/mol. The molecule has 6 heteroatoms. The van der Waals surface area contributed by atoms with Crippen molar-refractivity contribution in [2.75, 3.05) is 6.26 Å². The van der Waals surface area contributed by atoms with Crippen molar-refractivity contribution < 1.29 is 22.5 Å². The Labute approximate surface area is 93.8 Å². The maximum atomic E-state index is 10.8. The van der Waals surface area contributed by atoms with Gasteiger partial charge in [0.2, 0.25) is 0 Å². The normalized spacial score (nSPS) is 11.1. The van der Waals surface area contributed by atoms with Crippen molar-refractivity contribution in [1.82, 2.24) is 0 Å². The third-order valence-electron chi connectivity index (χ3n) is 1.80. The number of rotatable bonds is 5. The Balaban J connectivity index is 2.64. The Hall–Kier alpha value is -1.56. The van der Waals surface area contributed by atoms with Crippen molar-refractivity contribution in [2.45, 2.75) is 12.8 Å². The third kappa shape index (κ3) is 4.79. The summed E-state index contributed by atoms with van der Waals surface area (Å²) >= 11 is 0. The summed E-state index contributed by atoms with van der Waals surface area (Å²) in [5, 5.41) is 8.48. The molecule has 0 fully saturated rings. The molecule has 16 heavy (non-hydrogen) atoms. The standard InChI is InChI=1S/C10H12O5S/c1-16(13,14)15-9-5-2-8(3-6-9)4-7-10(11)12/h2-3,5-6H,4,7H2,1H3,(H,11,12). The predicted molar refractivity (Wildman–Crippen MR) is 57.9 cm³/mol. The molecule has 0 saturated carbocycles. The van der Waals surface area contributed by atoms with Crippen LogP contribution in [0.1, 0.15) is 12.0 Å². The molecule has 88 valence electrons. The van der Waals surface area contributed by atoms with E-state index < -0.39 is 16.1 Å². The van der Waals surface area contributed by atoms with Crippen molar-refractivity contribution in [1.29, 1.82) is 0 Å². The molecule has 0 aliphatic rings. The van der Waals surface area contributed by atoms with E-state index in [4.69, 9.17) is 5.11 Å². The van der Waals surface area contributed by atoms with E-state index in [9.17, 15) is 13.2 Å². The number of aryl methyl sites for hydroxylation is 1. The van der Waals surface area contributed by atoms with Crippen LogP contribution in [0, 0.1) is 0 Å². The van der Waals surface area contributed by atoms with Gasteiger partial charge in [-0.1, -0.05) is 12.1 Å². The first-order chi connectivity index (χ1) is 7.37. The zero-order chi connectivity index (χ0) is 12.2. The van der Waals surface area contributed by atoms with Gasteiger partial charge in [-0.15, -0.1) is 0 Å². The molecule has 1 rings (SSSR count). The van der Waals surface area contributed by atoms with E-state index in [1.807, 2.05) is 0 Å². The van der Waals surface area contributed by atoms with Crippen molar-refractivity contribution in [3.8, 4) is 5.75 Å². The average Bonchev–Trinajstić information content (AvgIpc) is 2.14. The monoisotopic (exact) mass is 244 g/mol. The second-order valence-electron chi connectivity index (χ2n) is 3.33. The van der Waals surface area contributed by atoms with E-state index in [1.165, 1.54) is 12.1 Å². The van der Waals surface area contributed by atoms with Crippen molar-refractivity contribution >= 4 is 16.1 Å². The molecule has 1 aromatic carbocycles. The lowest BCUT2D eigenvalue weighted by Gasteiger charge is -2.03. The molecule has 1 N–H and O–H groups in total. The Morgan fingerprint density at radius 3 is 2.31 bits per heavy atom. The van der Waals surface area contributed by atoms with Gasteiger partial charge >= 0.3 is 16.1 Å². The van der Waals surface area contributed by atoms with Crippen LogP contribution in [0.5, 0.6) is 5.75 Å². The largest absolute Gasteiger partial charge is 0.481 e. The molecule has 0 aromatic heterocycles. The van der Waals surface area contributed by atoms with Crippen LogP contribution in [0.4, 0.5) is 0 Å². The van der Waals surface area contributed by atoms with Gasteiger partial charge in [0, 0.05) is 6.42 Å². The molecule has 0 spiro atoms. The van der Waals surface area contributed by atoms with Crippen LogP contribution in [0.15, 0.2) is 24.3 Å². The number of aliphatic carboxylic acids is 1.